The fourth-order valence-electron chi connectivity index (χ4n) is 5.78. The summed E-state index contributed by atoms with van der Waals surface area (Å²) in [5.41, 5.74) is 12.8. The number of nitrogens with zero attached hydrogens (tertiary/aromatic N) is 2. The summed E-state index contributed by atoms with van der Waals surface area (Å²) in [6.07, 6.45) is 0. The molecule has 0 aromatic heterocycles. The molecule has 34 heavy (non-hydrogen) atoms. The summed E-state index contributed by atoms with van der Waals surface area (Å²) in [5.74, 6) is 0. The molecule has 0 fully saturated rings. The number of anilines is 4. The van der Waals surface area contributed by atoms with Crippen LogP contribution in [0.4, 0.5) is 22.7 Å². The molecule has 0 amide bonds. The number of hydrogen-bond donors (Lipinski definition) is 0. The third-order valence-electron chi connectivity index (χ3n) is 7.26. The normalized spacial score (nSPS) is 13.3. The first-order chi connectivity index (χ1) is 16.8. The molecule has 0 unspecified atom stereocenters. The number of fused-ring (bicyclic) bond motifs is 5. The van der Waals surface area contributed by atoms with E-state index in [9.17, 15) is 0 Å². The van der Waals surface area contributed by atoms with Gasteiger partial charge in [0.05, 0.1) is 22.7 Å². The maximum absolute atomic E-state index is 2.58. The summed E-state index contributed by atoms with van der Waals surface area (Å²) in [4.78, 5) is 4.91. The second-order valence-electron chi connectivity index (χ2n) is 9.03. The first-order valence-corrected chi connectivity index (χ1v) is 11.8. The molecule has 7 rings (SSSR count). The minimum Gasteiger partial charge on any atom is -0.373 e. The Morgan fingerprint density at radius 2 is 1.00 bits per heavy atom. The van der Waals surface area contributed by atoms with Crippen LogP contribution in [0, 0.1) is 0 Å². The molecule has 160 valence electrons. The highest BCUT2D eigenvalue weighted by Gasteiger charge is 2.42. The second-order valence-corrected chi connectivity index (χ2v) is 9.03. The van der Waals surface area contributed by atoms with Crippen molar-refractivity contribution in [2.75, 3.05) is 16.8 Å². The lowest BCUT2D eigenvalue weighted by Crippen LogP contribution is -2.53. The zero-order valence-electron chi connectivity index (χ0n) is 19.0. The Morgan fingerprint density at radius 3 is 1.71 bits per heavy atom. The van der Waals surface area contributed by atoms with Crippen LogP contribution in [-0.2, 0) is 0 Å². The Labute approximate surface area is 200 Å². The van der Waals surface area contributed by atoms with Crippen molar-refractivity contribution in [1.29, 1.82) is 0 Å². The highest BCUT2D eigenvalue weighted by atomic mass is 15.2. The van der Waals surface area contributed by atoms with E-state index in [0.29, 0.717) is 0 Å². The number of rotatable bonds is 2. The average Bonchev–Trinajstić information content (AvgIpc) is 3.24. The molecule has 0 radical (unpaired) electrons. The van der Waals surface area contributed by atoms with E-state index in [1.165, 1.54) is 55.9 Å². The summed E-state index contributed by atoms with van der Waals surface area (Å²) in [7, 11) is 2.18. The Morgan fingerprint density at radius 1 is 0.471 bits per heavy atom. The summed E-state index contributed by atoms with van der Waals surface area (Å²) < 4.78 is 0. The molecule has 5 aromatic carbocycles. The van der Waals surface area contributed by atoms with Gasteiger partial charge < -0.3 is 9.71 Å². The van der Waals surface area contributed by atoms with Crippen molar-refractivity contribution in [3.63, 3.8) is 0 Å². The number of para-hydroxylation sites is 3. The van der Waals surface area contributed by atoms with Crippen molar-refractivity contribution < 1.29 is 0 Å². The lowest BCUT2D eigenvalue weighted by Gasteiger charge is -2.42. The van der Waals surface area contributed by atoms with Gasteiger partial charge in [-0.05, 0) is 45.8 Å². The van der Waals surface area contributed by atoms with Gasteiger partial charge in [0.1, 0.15) is 0 Å². The SMILES string of the molecule is CN1c2ccccc2N(B2c3ccccc3-c3ccccc32)c2c(-c3ccccc3)cccc21. The standard InChI is InChI=1S/C31H23BN2/c1-33-28-19-9-10-20-29(28)34(31-23(16-11-21-30(31)33)22-12-3-2-4-13-22)32-26-17-7-5-14-24(26)25-15-6-8-18-27(25)32/h2-21H,1H3. The quantitative estimate of drug-likeness (QED) is 0.299. The Kier molecular flexibility index (Phi) is 4.19. The molecule has 0 saturated heterocycles. The summed E-state index contributed by atoms with van der Waals surface area (Å²) in [6, 6.07) is 44.0. The van der Waals surface area contributed by atoms with Gasteiger partial charge in [-0.25, -0.2) is 0 Å². The van der Waals surface area contributed by atoms with E-state index in [1.54, 1.807) is 0 Å². The van der Waals surface area contributed by atoms with Gasteiger partial charge in [-0.2, -0.15) is 0 Å². The van der Waals surface area contributed by atoms with Gasteiger partial charge in [0.25, 0.3) is 0 Å². The van der Waals surface area contributed by atoms with Gasteiger partial charge in [-0.1, -0.05) is 103 Å². The zero-order valence-corrected chi connectivity index (χ0v) is 19.0. The molecular formula is C31H23BN2. The van der Waals surface area contributed by atoms with Crippen molar-refractivity contribution in [3.8, 4) is 22.3 Å². The topological polar surface area (TPSA) is 6.48 Å². The van der Waals surface area contributed by atoms with Gasteiger partial charge in [-0.15, -0.1) is 0 Å². The predicted molar refractivity (Wildman–Crippen MR) is 145 cm³/mol. The van der Waals surface area contributed by atoms with Crippen LogP contribution in [0.1, 0.15) is 0 Å². The lowest BCUT2D eigenvalue weighted by atomic mass is 9.51. The zero-order chi connectivity index (χ0) is 22.6. The monoisotopic (exact) mass is 434 g/mol. The van der Waals surface area contributed by atoms with Crippen LogP contribution >= 0.6 is 0 Å². The fourth-order valence-corrected chi connectivity index (χ4v) is 5.78. The second kappa shape index (κ2) is 7.39. The maximum Gasteiger partial charge on any atom is 0.329 e. The molecule has 2 aliphatic heterocycles. The highest BCUT2D eigenvalue weighted by molar-refractivity contribution is 6.93. The largest absolute Gasteiger partial charge is 0.373 e. The molecule has 0 bridgehead atoms. The van der Waals surface area contributed by atoms with Crippen LogP contribution in [0.5, 0.6) is 0 Å². The van der Waals surface area contributed by atoms with Gasteiger partial charge in [0.15, 0.2) is 0 Å². The maximum atomic E-state index is 2.58. The van der Waals surface area contributed by atoms with Crippen LogP contribution in [0.25, 0.3) is 22.3 Å². The molecule has 0 saturated carbocycles. The molecule has 0 atom stereocenters. The first-order valence-electron chi connectivity index (χ1n) is 11.8. The summed E-state index contributed by atoms with van der Waals surface area (Å²) >= 11 is 0. The van der Waals surface area contributed by atoms with Crippen molar-refractivity contribution in [1.82, 2.24) is 0 Å². The van der Waals surface area contributed by atoms with E-state index in [1.807, 2.05) is 0 Å². The van der Waals surface area contributed by atoms with Crippen molar-refractivity contribution >= 4 is 40.5 Å². The third kappa shape index (κ3) is 2.64. The van der Waals surface area contributed by atoms with Crippen LogP contribution in [-0.4, -0.2) is 13.9 Å². The average molecular weight is 434 g/mol. The van der Waals surface area contributed by atoms with Gasteiger partial charge in [-0.3, -0.25) is 0 Å². The molecule has 2 nitrogen and oxygen atoms in total. The van der Waals surface area contributed by atoms with Crippen LogP contribution in [0.2, 0.25) is 0 Å². The predicted octanol–water partition coefficient (Wildman–Crippen LogP) is 6.36. The molecule has 3 heteroatoms. The molecule has 0 spiro atoms. The van der Waals surface area contributed by atoms with Crippen LogP contribution in [0.15, 0.2) is 121 Å². The molecule has 0 N–H and O–H groups in total. The number of benzene rings is 5. The van der Waals surface area contributed by atoms with Crippen molar-refractivity contribution in [2.45, 2.75) is 0 Å². The number of hydrogen-bond acceptors (Lipinski definition) is 2. The molecule has 2 aliphatic rings. The first kappa shape index (κ1) is 19.3. The van der Waals surface area contributed by atoms with E-state index >= 15 is 0 Å². The molecule has 2 heterocycles. The van der Waals surface area contributed by atoms with E-state index in [-0.39, 0.29) is 6.85 Å². The van der Waals surface area contributed by atoms with E-state index < -0.39 is 0 Å². The smallest absolute Gasteiger partial charge is 0.329 e. The summed E-state index contributed by atoms with van der Waals surface area (Å²) in [6.45, 7) is 0.103. The van der Waals surface area contributed by atoms with Crippen molar-refractivity contribution in [3.05, 3.63) is 121 Å². The van der Waals surface area contributed by atoms with Gasteiger partial charge >= 0.3 is 6.85 Å². The molecule has 5 aromatic rings. The van der Waals surface area contributed by atoms with E-state index in [2.05, 4.69) is 138 Å². The molecular weight excluding hydrogens is 411 g/mol. The summed E-state index contributed by atoms with van der Waals surface area (Å²) in [5, 5.41) is 0. The van der Waals surface area contributed by atoms with Crippen LogP contribution < -0.4 is 20.6 Å². The lowest BCUT2D eigenvalue weighted by molar-refractivity contribution is 1.15. The Balaban J connectivity index is 1.57. The highest BCUT2D eigenvalue weighted by Crippen LogP contribution is 2.51. The van der Waals surface area contributed by atoms with Gasteiger partial charge in [0, 0.05) is 12.6 Å². The third-order valence-corrected chi connectivity index (χ3v) is 7.26. The van der Waals surface area contributed by atoms with Crippen molar-refractivity contribution in [2.24, 2.45) is 0 Å². The van der Waals surface area contributed by atoms with E-state index in [0.717, 1.165) is 0 Å². The fraction of sp³-hybridized carbons (Fsp3) is 0.0323. The van der Waals surface area contributed by atoms with Gasteiger partial charge in [0.2, 0.25) is 0 Å². The minimum absolute atomic E-state index is 0.103. The minimum atomic E-state index is 0.103. The Bertz CT molecular complexity index is 1500. The Hall–Kier alpha value is -4.24. The van der Waals surface area contributed by atoms with Crippen LogP contribution in [0.3, 0.4) is 0 Å². The van der Waals surface area contributed by atoms with E-state index in [4.69, 9.17) is 0 Å². The molecule has 0 aliphatic carbocycles.